The van der Waals surface area contributed by atoms with Gasteiger partial charge in [0.1, 0.15) is 5.75 Å². The molecule has 1 heterocycles. The van der Waals surface area contributed by atoms with Crippen LogP contribution in [0.3, 0.4) is 0 Å². The smallest absolute Gasteiger partial charge is 0.119 e. The molecule has 2 aromatic rings. The molecule has 22 heavy (non-hydrogen) atoms. The Balaban J connectivity index is 1.72. The van der Waals surface area contributed by atoms with Crippen molar-refractivity contribution < 1.29 is 4.74 Å². The number of rotatable bonds is 5. The van der Waals surface area contributed by atoms with Gasteiger partial charge in [-0.15, -0.1) is 0 Å². The molecule has 0 fully saturated rings. The highest BCUT2D eigenvalue weighted by Gasteiger charge is 2.12. The van der Waals surface area contributed by atoms with Gasteiger partial charge in [-0.25, -0.2) is 0 Å². The first-order valence-electron chi connectivity index (χ1n) is 8.07. The molecule has 0 saturated heterocycles. The summed E-state index contributed by atoms with van der Waals surface area (Å²) in [5.74, 6) is 0.948. The Bertz CT molecular complexity index is 616. The Labute approximate surface area is 133 Å². The first-order chi connectivity index (χ1) is 10.8. The fourth-order valence-electron chi connectivity index (χ4n) is 2.92. The summed E-state index contributed by atoms with van der Waals surface area (Å²) < 4.78 is 5.52. The summed E-state index contributed by atoms with van der Waals surface area (Å²) in [6.07, 6.45) is 4.69. The molecule has 0 aromatic heterocycles. The Morgan fingerprint density at radius 1 is 1.00 bits per heavy atom. The maximum absolute atomic E-state index is 5.52. The number of nitrogens with zero attached hydrogens (tertiary/aromatic N) is 1. The number of benzene rings is 2. The maximum Gasteiger partial charge on any atom is 0.119 e. The summed E-state index contributed by atoms with van der Waals surface area (Å²) in [5.41, 5.74) is 4.10. The van der Waals surface area contributed by atoms with Crippen LogP contribution in [0.4, 0.5) is 0 Å². The standard InChI is InChI=1S/C20H23NO/c1-2-22-20-12-10-18(11-13-20)19-9-6-14-21(16-19)15-17-7-4-3-5-8-17/h3-5,7-8,10-13,16H,2,6,9,14-15H2,1H3. The molecule has 1 aliphatic heterocycles. The minimum Gasteiger partial charge on any atom is -0.494 e. The van der Waals surface area contributed by atoms with Crippen LogP contribution >= 0.6 is 0 Å². The summed E-state index contributed by atoms with van der Waals surface area (Å²) in [5, 5.41) is 0. The molecule has 0 saturated carbocycles. The minimum absolute atomic E-state index is 0.715. The quantitative estimate of drug-likeness (QED) is 0.790. The van der Waals surface area contributed by atoms with Gasteiger partial charge < -0.3 is 9.64 Å². The molecule has 1 aliphatic rings. The predicted octanol–water partition coefficient (Wildman–Crippen LogP) is 4.72. The fraction of sp³-hybridized carbons (Fsp3) is 0.300. The van der Waals surface area contributed by atoms with Crippen molar-refractivity contribution in [2.75, 3.05) is 13.2 Å². The lowest BCUT2D eigenvalue weighted by atomic mass is 9.99. The Hall–Kier alpha value is -2.22. The molecule has 0 amide bonds. The van der Waals surface area contributed by atoms with Crippen LogP contribution in [-0.2, 0) is 6.54 Å². The highest BCUT2D eigenvalue weighted by molar-refractivity contribution is 5.66. The second kappa shape index (κ2) is 7.17. The number of hydrogen-bond donors (Lipinski definition) is 0. The maximum atomic E-state index is 5.52. The van der Waals surface area contributed by atoms with Crippen molar-refractivity contribution in [3.63, 3.8) is 0 Å². The van der Waals surface area contributed by atoms with Crippen LogP contribution in [0.25, 0.3) is 5.57 Å². The lowest BCUT2D eigenvalue weighted by molar-refractivity contribution is 0.340. The second-order valence-electron chi connectivity index (χ2n) is 5.67. The van der Waals surface area contributed by atoms with E-state index >= 15 is 0 Å². The van der Waals surface area contributed by atoms with E-state index in [1.54, 1.807) is 0 Å². The van der Waals surface area contributed by atoms with E-state index in [1.807, 2.05) is 6.92 Å². The SMILES string of the molecule is CCOc1ccc(C2=CN(Cc3ccccc3)CCC2)cc1. The molecule has 2 heteroatoms. The predicted molar refractivity (Wildman–Crippen MR) is 91.7 cm³/mol. The van der Waals surface area contributed by atoms with Crippen molar-refractivity contribution in [3.8, 4) is 5.75 Å². The summed E-state index contributed by atoms with van der Waals surface area (Å²) in [4.78, 5) is 2.42. The zero-order chi connectivity index (χ0) is 15.2. The molecule has 0 radical (unpaired) electrons. The number of hydrogen-bond acceptors (Lipinski definition) is 2. The molecule has 0 spiro atoms. The van der Waals surface area contributed by atoms with Crippen molar-refractivity contribution in [3.05, 3.63) is 71.9 Å². The summed E-state index contributed by atoms with van der Waals surface area (Å²) >= 11 is 0. The first-order valence-corrected chi connectivity index (χ1v) is 8.07. The van der Waals surface area contributed by atoms with Crippen LogP contribution in [0.5, 0.6) is 5.75 Å². The average Bonchev–Trinajstić information content (AvgIpc) is 2.57. The van der Waals surface area contributed by atoms with E-state index in [9.17, 15) is 0 Å². The molecule has 3 rings (SSSR count). The van der Waals surface area contributed by atoms with Crippen LogP contribution in [0.1, 0.15) is 30.9 Å². The van der Waals surface area contributed by atoms with Gasteiger partial charge in [0.15, 0.2) is 0 Å². The van der Waals surface area contributed by atoms with Gasteiger partial charge in [-0.2, -0.15) is 0 Å². The van der Waals surface area contributed by atoms with Gasteiger partial charge in [-0.05, 0) is 48.6 Å². The van der Waals surface area contributed by atoms with Crippen LogP contribution < -0.4 is 4.74 Å². The van der Waals surface area contributed by atoms with Crippen LogP contribution in [0.2, 0.25) is 0 Å². The molecule has 0 bridgehead atoms. The molecule has 114 valence electrons. The Morgan fingerprint density at radius 3 is 2.50 bits per heavy atom. The second-order valence-corrected chi connectivity index (χ2v) is 5.67. The lowest BCUT2D eigenvalue weighted by Crippen LogP contribution is -2.22. The van der Waals surface area contributed by atoms with Crippen molar-refractivity contribution >= 4 is 5.57 Å². The van der Waals surface area contributed by atoms with E-state index in [0.717, 1.165) is 25.3 Å². The normalized spacial score (nSPS) is 14.6. The minimum atomic E-state index is 0.715. The molecule has 0 unspecified atom stereocenters. The summed E-state index contributed by atoms with van der Waals surface area (Å²) in [6, 6.07) is 19.1. The van der Waals surface area contributed by atoms with Gasteiger partial charge in [0.2, 0.25) is 0 Å². The molecule has 0 N–H and O–H groups in total. The van der Waals surface area contributed by atoms with Gasteiger partial charge in [0.05, 0.1) is 6.61 Å². The van der Waals surface area contributed by atoms with Gasteiger partial charge >= 0.3 is 0 Å². The molecule has 0 aliphatic carbocycles. The Kier molecular flexibility index (Phi) is 4.79. The highest BCUT2D eigenvalue weighted by Crippen LogP contribution is 2.27. The summed E-state index contributed by atoms with van der Waals surface area (Å²) in [6.45, 7) is 4.85. The number of ether oxygens (including phenoxy) is 1. The van der Waals surface area contributed by atoms with E-state index in [1.165, 1.54) is 23.1 Å². The van der Waals surface area contributed by atoms with Crippen LogP contribution in [0, 0.1) is 0 Å². The average molecular weight is 293 g/mol. The number of allylic oxidation sites excluding steroid dienone is 1. The van der Waals surface area contributed by atoms with Crippen LogP contribution in [-0.4, -0.2) is 18.1 Å². The van der Waals surface area contributed by atoms with E-state index < -0.39 is 0 Å². The van der Waals surface area contributed by atoms with Gasteiger partial charge in [0.25, 0.3) is 0 Å². The van der Waals surface area contributed by atoms with Gasteiger partial charge in [-0.1, -0.05) is 42.5 Å². The van der Waals surface area contributed by atoms with Crippen LogP contribution in [0.15, 0.2) is 60.8 Å². The summed E-state index contributed by atoms with van der Waals surface area (Å²) in [7, 11) is 0. The van der Waals surface area contributed by atoms with Crippen molar-refractivity contribution in [2.24, 2.45) is 0 Å². The van der Waals surface area contributed by atoms with Gasteiger partial charge in [-0.3, -0.25) is 0 Å². The third-order valence-electron chi connectivity index (χ3n) is 3.99. The van der Waals surface area contributed by atoms with Crippen molar-refractivity contribution in [2.45, 2.75) is 26.3 Å². The van der Waals surface area contributed by atoms with E-state index in [-0.39, 0.29) is 0 Å². The molecule has 2 aromatic carbocycles. The third kappa shape index (κ3) is 3.70. The van der Waals surface area contributed by atoms with E-state index in [0.29, 0.717) is 6.61 Å². The molecule has 2 nitrogen and oxygen atoms in total. The largest absolute Gasteiger partial charge is 0.494 e. The van der Waals surface area contributed by atoms with Crippen molar-refractivity contribution in [1.82, 2.24) is 4.90 Å². The Morgan fingerprint density at radius 2 is 1.77 bits per heavy atom. The highest BCUT2D eigenvalue weighted by atomic mass is 16.5. The molecular weight excluding hydrogens is 270 g/mol. The third-order valence-corrected chi connectivity index (χ3v) is 3.99. The van der Waals surface area contributed by atoms with Crippen molar-refractivity contribution in [1.29, 1.82) is 0 Å². The monoisotopic (exact) mass is 293 g/mol. The fourth-order valence-corrected chi connectivity index (χ4v) is 2.92. The first kappa shape index (κ1) is 14.7. The van der Waals surface area contributed by atoms with E-state index in [2.05, 4.69) is 65.7 Å². The zero-order valence-electron chi connectivity index (χ0n) is 13.2. The van der Waals surface area contributed by atoms with Gasteiger partial charge in [0, 0.05) is 19.3 Å². The zero-order valence-corrected chi connectivity index (χ0v) is 13.2. The molecule has 0 atom stereocenters. The molecular formula is C20H23NO. The lowest BCUT2D eigenvalue weighted by Gasteiger charge is -2.27. The van der Waals surface area contributed by atoms with E-state index in [4.69, 9.17) is 4.74 Å². The topological polar surface area (TPSA) is 12.5 Å².